The van der Waals surface area contributed by atoms with Crippen molar-refractivity contribution >= 4 is 36.3 Å². The predicted octanol–water partition coefficient (Wildman–Crippen LogP) is 2.59. The second-order valence-corrected chi connectivity index (χ2v) is 7.38. The van der Waals surface area contributed by atoms with Gasteiger partial charge in [0.05, 0.1) is 0 Å². The maximum atomic E-state index is 12.6. The molecule has 7 heteroatoms. The Morgan fingerprint density at radius 2 is 1.87 bits per heavy atom. The van der Waals surface area contributed by atoms with Gasteiger partial charge in [0.25, 0.3) is 0 Å². The van der Waals surface area contributed by atoms with Crippen LogP contribution in [0.5, 0.6) is 0 Å². The van der Waals surface area contributed by atoms with Crippen molar-refractivity contribution in [3.8, 4) is 0 Å². The Bertz CT molecular complexity index is 539. The lowest BCUT2D eigenvalue weighted by atomic mass is 10.1. The van der Waals surface area contributed by atoms with Crippen LogP contribution >= 0.6 is 24.4 Å². The molecule has 0 aromatic heterocycles. The van der Waals surface area contributed by atoms with E-state index in [0.717, 1.165) is 5.56 Å². The first-order valence-corrected chi connectivity index (χ1v) is 8.89. The molecule has 0 aliphatic carbocycles. The number of carboxylic acids is 1. The number of aliphatic carboxylic acids is 1. The van der Waals surface area contributed by atoms with E-state index in [-0.39, 0.29) is 11.8 Å². The molecule has 0 heterocycles. The summed E-state index contributed by atoms with van der Waals surface area (Å²) in [6, 6.07) is 9.60. The fourth-order valence-corrected chi connectivity index (χ4v) is 3.38. The van der Waals surface area contributed by atoms with Gasteiger partial charge in [0, 0.05) is 31.5 Å². The van der Waals surface area contributed by atoms with Gasteiger partial charge in [-0.25, -0.2) is 14.8 Å². The number of hydrogen-bond donors (Lipinski definition) is 2. The van der Waals surface area contributed by atoms with Crippen LogP contribution in [0.4, 0.5) is 0 Å². The van der Waals surface area contributed by atoms with Crippen LogP contribution in [-0.4, -0.2) is 51.7 Å². The van der Waals surface area contributed by atoms with Crippen LogP contribution in [0.25, 0.3) is 0 Å². The molecule has 2 atom stereocenters. The lowest BCUT2D eigenvalue weighted by Gasteiger charge is -2.42. The number of thioether (sulfide) groups is 1. The van der Waals surface area contributed by atoms with Crippen molar-refractivity contribution in [3.05, 3.63) is 35.9 Å². The molecule has 0 bridgehead atoms. The van der Waals surface area contributed by atoms with Crippen molar-refractivity contribution in [2.24, 2.45) is 5.92 Å². The smallest absolute Gasteiger partial charge is 0.341 e. The second kappa shape index (κ2) is 8.61. The Balaban J connectivity index is 3.08. The highest BCUT2D eigenvalue weighted by atomic mass is 32.2. The zero-order valence-electron chi connectivity index (χ0n) is 13.9. The van der Waals surface area contributed by atoms with Gasteiger partial charge >= 0.3 is 5.97 Å². The quantitative estimate of drug-likeness (QED) is 0.426. The normalized spacial score (nSPS) is 15.0. The Morgan fingerprint density at radius 1 is 1.30 bits per heavy atom. The topological polar surface area (TPSA) is 60.9 Å². The number of carbonyl (C=O) groups excluding carboxylic acids is 1. The average molecular weight is 357 g/mol. The molecule has 1 N–H and O–H groups in total. The Morgan fingerprint density at radius 3 is 2.30 bits per heavy atom. The van der Waals surface area contributed by atoms with Crippen LogP contribution < -0.4 is 0 Å². The summed E-state index contributed by atoms with van der Waals surface area (Å²) in [5, 5.41) is 12.6. The molecule has 0 aliphatic heterocycles. The van der Waals surface area contributed by atoms with Crippen LogP contribution in [0.3, 0.4) is 0 Å². The molecule has 0 saturated carbocycles. The second-order valence-electron chi connectivity index (χ2n) is 5.64. The first-order valence-electron chi connectivity index (χ1n) is 7.27. The molecule has 0 radical (unpaired) electrons. The molecule has 0 saturated heterocycles. The molecule has 2 unspecified atom stereocenters. The van der Waals surface area contributed by atoms with E-state index in [1.807, 2.05) is 30.3 Å². The fourth-order valence-electron chi connectivity index (χ4n) is 2.09. The molecule has 1 aromatic rings. The maximum absolute atomic E-state index is 12.6. The molecule has 0 spiro atoms. The van der Waals surface area contributed by atoms with E-state index in [0.29, 0.717) is 11.5 Å². The number of benzene rings is 1. The number of hydrogen-bond acceptors (Lipinski definition) is 5. The molecule has 0 fully saturated rings. The maximum Gasteiger partial charge on any atom is 0.341 e. The Hall–Kier alpha value is -1.18. The standard InChI is InChI=1S/C16H24N2O3S2/c1-12(10-22)14(19)18(17(3)4)16(2,15(20)21)23-11-13-8-6-5-7-9-13/h5-9,12,22H,10-11H2,1-4H3,(H,20,21). The summed E-state index contributed by atoms with van der Waals surface area (Å²) < 4.78 is 0. The van der Waals surface area contributed by atoms with Gasteiger partial charge in [0.1, 0.15) is 0 Å². The third-order valence-electron chi connectivity index (χ3n) is 3.47. The molecular formula is C16H24N2O3S2. The lowest BCUT2D eigenvalue weighted by molar-refractivity contribution is -0.168. The molecule has 1 amide bonds. The highest BCUT2D eigenvalue weighted by Gasteiger charge is 2.45. The number of carboxylic acid groups (broad SMARTS) is 1. The van der Waals surface area contributed by atoms with E-state index in [2.05, 4.69) is 12.6 Å². The number of thiol groups is 1. The van der Waals surface area contributed by atoms with Gasteiger partial charge in [-0.1, -0.05) is 37.3 Å². The Labute approximate surface area is 147 Å². The number of carbonyl (C=O) groups is 2. The van der Waals surface area contributed by atoms with Crippen molar-refractivity contribution in [1.82, 2.24) is 10.0 Å². The zero-order valence-corrected chi connectivity index (χ0v) is 15.6. The van der Waals surface area contributed by atoms with Gasteiger partial charge in [0.15, 0.2) is 4.87 Å². The fraction of sp³-hybridized carbons (Fsp3) is 0.500. The zero-order chi connectivity index (χ0) is 17.6. The minimum Gasteiger partial charge on any atom is -0.479 e. The van der Waals surface area contributed by atoms with Gasteiger partial charge < -0.3 is 5.11 Å². The van der Waals surface area contributed by atoms with Crippen molar-refractivity contribution in [1.29, 1.82) is 0 Å². The van der Waals surface area contributed by atoms with Crippen LogP contribution in [0.1, 0.15) is 19.4 Å². The summed E-state index contributed by atoms with van der Waals surface area (Å²) in [6.07, 6.45) is 0. The van der Waals surface area contributed by atoms with Crippen LogP contribution in [0.2, 0.25) is 0 Å². The van der Waals surface area contributed by atoms with Crippen LogP contribution in [0, 0.1) is 5.92 Å². The summed E-state index contributed by atoms with van der Waals surface area (Å²) in [5.74, 6) is -0.808. The van der Waals surface area contributed by atoms with E-state index in [4.69, 9.17) is 0 Å². The van der Waals surface area contributed by atoms with Gasteiger partial charge in [0.2, 0.25) is 5.91 Å². The minimum atomic E-state index is -1.40. The molecular weight excluding hydrogens is 332 g/mol. The molecule has 1 aromatic carbocycles. The van der Waals surface area contributed by atoms with Gasteiger partial charge in [-0.05, 0) is 12.5 Å². The molecule has 5 nitrogen and oxygen atoms in total. The molecule has 23 heavy (non-hydrogen) atoms. The average Bonchev–Trinajstić information content (AvgIpc) is 2.52. The summed E-state index contributed by atoms with van der Waals surface area (Å²) in [7, 11) is 3.35. The third kappa shape index (κ3) is 4.89. The summed E-state index contributed by atoms with van der Waals surface area (Å²) in [4.78, 5) is 23.2. The minimum absolute atomic E-state index is 0.254. The Kier molecular flexibility index (Phi) is 7.44. The molecule has 1 rings (SSSR count). The largest absolute Gasteiger partial charge is 0.479 e. The first kappa shape index (κ1) is 19.9. The SMILES string of the molecule is CC(CS)C(=O)N(N(C)C)C(C)(SCc1ccccc1)C(=O)O. The van der Waals surface area contributed by atoms with E-state index < -0.39 is 10.8 Å². The monoisotopic (exact) mass is 356 g/mol. The molecule has 128 valence electrons. The van der Waals surface area contributed by atoms with E-state index in [1.165, 1.54) is 21.8 Å². The number of amides is 1. The van der Waals surface area contributed by atoms with Crippen LogP contribution in [-0.2, 0) is 15.3 Å². The lowest BCUT2D eigenvalue weighted by Crippen LogP contribution is -2.59. The highest BCUT2D eigenvalue weighted by molar-refractivity contribution is 8.00. The summed E-state index contributed by atoms with van der Waals surface area (Å²) >= 11 is 5.37. The number of rotatable bonds is 8. The van der Waals surface area contributed by atoms with Gasteiger partial charge in [-0.2, -0.15) is 12.6 Å². The van der Waals surface area contributed by atoms with Gasteiger partial charge in [-0.3, -0.25) is 4.79 Å². The number of hydrazine groups is 1. The first-order chi connectivity index (χ1) is 10.7. The highest BCUT2D eigenvalue weighted by Crippen LogP contribution is 2.34. The third-order valence-corrected chi connectivity index (χ3v) is 5.40. The van der Waals surface area contributed by atoms with E-state index in [9.17, 15) is 14.7 Å². The van der Waals surface area contributed by atoms with E-state index in [1.54, 1.807) is 27.9 Å². The van der Waals surface area contributed by atoms with E-state index >= 15 is 0 Å². The van der Waals surface area contributed by atoms with Gasteiger partial charge in [-0.15, -0.1) is 11.8 Å². The van der Waals surface area contributed by atoms with Crippen molar-refractivity contribution in [2.75, 3.05) is 19.8 Å². The van der Waals surface area contributed by atoms with Crippen LogP contribution in [0.15, 0.2) is 30.3 Å². The van der Waals surface area contributed by atoms with Crippen molar-refractivity contribution in [2.45, 2.75) is 24.5 Å². The number of nitrogens with zero attached hydrogens (tertiary/aromatic N) is 2. The van der Waals surface area contributed by atoms with Crippen molar-refractivity contribution in [3.63, 3.8) is 0 Å². The summed E-state index contributed by atoms with van der Waals surface area (Å²) in [5.41, 5.74) is 1.01. The van der Waals surface area contributed by atoms with Crippen molar-refractivity contribution < 1.29 is 14.7 Å². The predicted molar refractivity (Wildman–Crippen MR) is 97.3 cm³/mol. The molecule has 0 aliphatic rings. The summed E-state index contributed by atoms with van der Waals surface area (Å²) in [6.45, 7) is 3.31.